The van der Waals surface area contributed by atoms with E-state index in [0.29, 0.717) is 17.5 Å². The van der Waals surface area contributed by atoms with Crippen LogP contribution in [0.3, 0.4) is 0 Å². The van der Waals surface area contributed by atoms with E-state index in [1.54, 1.807) is 10.7 Å². The van der Waals surface area contributed by atoms with Crippen molar-refractivity contribution >= 4 is 11.9 Å². The number of hydrogen-bond donors (Lipinski definition) is 1. The summed E-state index contributed by atoms with van der Waals surface area (Å²) in [6.07, 6.45) is 6.67. The van der Waals surface area contributed by atoms with Crippen LogP contribution >= 0.6 is 0 Å². The van der Waals surface area contributed by atoms with Gasteiger partial charge in [0, 0.05) is 12.0 Å². The summed E-state index contributed by atoms with van der Waals surface area (Å²) in [6, 6.07) is 11.5. The molecular formula is C22H27N3O3. The zero-order valence-corrected chi connectivity index (χ0v) is 16.3. The SMILES string of the molecule is C[C@H]1CCCC[C@@H]1NC(=O)COC(=O)c1cc(C2CC2)nn1-c1ccccc1. The van der Waals surface area contributed by atoms with E-state index in [1.807, 2.05) is 30.3 Å². The molecule has 0 aliphatic heterocycles. The first-order valence-electron chi connectivity index (χ1n) is 10.2. The molecule has 2 atom stereocenters. The average molecular weight is 381 g/mol. The van der Waals surface area contributed by atoms with Gasteiger partial charge in [0.2, 0.25) is 0 Å². The van der Waals surface area contributed by atoms with Crippen LogP contribution in [0.15, 0.2) is 36.4 Å². The normalized spacial score (nSPS) is 21.9. The van der Waals surface area contributed by atoms with Crippen molar-refractivity contribution in [3.8, 4) is 5.69 Å². The molecule has 6 nitrogen and oxygen atoms in total. The molecular weight excluding hydrogens is 354 g/mol. The highest BCUT2D eigenvalue weighted by Gasteiger charge is 2.30. The van der Waals surface area contributed by atoms with Crippen LogP contribution in [0.4, 0.5) is 0 Å². The number of esters is 1. The van der Waals surface area contributed by atoms with Gasteiger partial charge >= 0.3 is 5.97 Å². The van der Waals surface area contributed by atoms with Gasteiger partial charge in [0.1, 0.15) is 0 Å². The van der Waals surface area contributed by atoms with Crippen LogP contribution in [0.25, 0.3) is 5.69 Å². The Morgan fingerprint density at radius 3 is 2.61 bits per heavy atom. The van der Waals surface area contributed by atoms with Crippen LogP contribution in [0, 0.1) is 5.92 Å². The number of para-hydroxylation sites is 1. The third-order valence-electron chi connectivity index (χ3n) is 5.73. The summed E-state index contributed by atoms with van der Waals surface area (Å²) in [5.74, 6) is 0.136. The van der Waals surface area contributed by atoms with Gasteiger partial charge in [0.15, 0.2) is 12.3 Å². The van der Waals surface area contributed by atoms with Gasteiger partial charge in [-0.05, 0) is 49.8 Å². The monoisotopic (exact) mass is 381 g/mol. The Hall–Kier alpha value is -2.63. The third kappa shape index (κ3) is 4.26. The minimum Gasteiger partial charge on any atom is -0.451 e. The van der Waals surface area contributed by atoms with E-state index in [0.717, 1.165) is 43.5 Å². The molecule has 2 aliphatic rings. The molecule has 4 rings (SSSR count). The Morgan fingerprint density at radius 1 is 1.14 bits per heavy atom. The van der Waals surface area contributed by atoms with Crippen LogP contribution < -0.4 is 5.32 Å². The van der Waals surface area contributed by atoms with Crippen molar-refractivity contribution in [2.24, 2.45) is 5.92 Å². The largest absolute Gasteiger partial charge is 0.451 e. The summed E-state index contributed by atoms with van der Waals surface area (Å²) in [7, 11) is 0. The minimum atomic E-state index is -0.518. The number of hydrogen-bond acceptors (Lipinski definition) is 4. The van der Waals surface area contributed by atoms with Crippen molar-refractivity contribution in [2.75, 3.05) is 6.61 Å². The molecule has 1 amide bonds. The molecule has 6 heteroatoms. The van der Waals surface area contributed by atoms with Gasteiger partial charge < -0.3 is 10.1 Å². The van der Waals surface area contributed by atoms with Gasteiger partial charge in [-0.3, -0.25) is 4.79 Å². The first-order valence-corrected chi connectivity index (χ1v) is 10.2. The Labute approximate surface area is 165 Å². The third-order valence-corrected chi connectivity index (χ3v) is 5.73. The summed E-state index contributed by atoms with van der Waals surface area (Å²) in [4.78, 5) is 25.0. The first-order chi connectivity index (χ1) is 13.6. The smallest absolute Gasteiger partial charge is 0.357 e. The van der Waals surface area contributed by atoms with Gasteiger partial charge in [0.25, 0.3) is 5.91 Å². The van der Waals surface area contributed by atoms with Crippen LogP contribution in [0.5, 0.6) is 0 Å². The lowest BCUT2D eigenvalue weighted by Crippen LogP contribution is -2.42. The molecule has 28 heavy (non-hydrogen) atoms. The standard InChI is InChI=1S/C22H27N3O3/c1-15-7-5-6-10-18(15)23-21(26)14-28-22(27)20-13-19(16-11-12-16)24-25(20)17-8-3-2-4-9-17/h2-4,8-9,13,15-16,18H,5-7,10-12,14H2,1H3,(H,23,26)/t15-,18-/m0/s1. The zero-order valence-electron chi connectivity index (χ0n) is 16.3. The number of carbonyl (C=O) groups is 2. The maximum absolute atomic E-state index is 12.7. The van der Waals surface area contributed by atoms with Crippen LogP contribution in [-0.4, -0.2) is 34.3 Å². The number of nitrogens with one attached hydrogen (secondary N) is 1. The lowest BCUT2D eigenvalue weighted by molar-refractivity contribution is -0.125. The molecule has 0 spiro atoms. The average Bonchev–Trinajstić information content (AvgIpc) is 3.47. The summed E-state index contributed by atoms with van der Waals surface area (Å²) in [5.41, 5.74) is 2.09. The summed E-state index contributed by atoms with van der Waals surface area (Å²) < 4.78 is 6.95. The van der Waals surface area contributed by atoms with Crippen LogP contribution in [-0.2, 0) is 9.53 Å². The Morgan fingerprint density at radius 2 is 1.89 bits per heavy atom. The second-order valence-corrected chi connectivity index (χ2v) is 7.99. The molecule has 0 unspecified atom stereocenters. The van der Waals surface area contributed by atoms with E-state index in [-0.39, 0.29) is 18.6 Å². The lowest BCUT2D eigenvalue weighted by atomic mass is 9.86. The summed E-state index contributed by atoms with van der Waals surface area (Å²) in [6.45, 7) is 1.90. The molecule has 1 N–H and O–H groups in total. The van der Waals surface area contributed by atoms with E-state index in [2.05, 4.69) is 17.3 Å². The minimum absolute atomic E-state index is 0.177. The van der Waals surface area contributed by atoms with Gasteiger partial charge in [-0.15, -0.1) is 0 Å². The lowest BCUT2D eigenvalue weighted by Gasteiger charge is -2.29. The Kier molecular flexibility index (Phi) is 5.46. The quantitative estimate of drug-likeness (QED) is 0.776. The number of rotatable bonds is 6. The fourth-order valence-electron chi connectivity index (χ4n) is 3.87. The van der Waals surface area contributed by atoms with Crippen LogP contribution in [0.1, 0.15) is 67.5 Å². The summed E-state index contributed by atoms with van der Waals surface area (Å²) >= 11 is 0. The highest BCUT2D eigenvalue weighted by Crippen LogP contribution is 2.39. The number of nitrogens with zero attached hydrogens (tertiary/aromatic N) is 2. The van der Waals surface area contributed by atoms with Crippen molar-refractivity contribution in [1.29, 1.82) is 0 Å². The van der Waals surface area contributed by atoms with Gasteiger partial charge in [-0.25, -0.2) is 9.48 Å². The van der Waals surface area contributed by atoms with Crippen molar-refractivity contribution in [2.45, 2.75) is 57.4 Å². The molecule has 0 bridgehead atoms. The molecule has 148 valence electrons. The maximum Gasteiger partial charge on any atom is 0.357 e. The Balaban J connectivity index is 1.42. The fourth-order valence-corrected chi connectivity index (χ4v) is 3.87. The van der Waals surface area contributed by atoms with Crippen molar-refractivity contribution in [1.82, 2.24) is 15.1 Å². The zero-order chi connectivity index (χ0) is 19.5. The number of benzene rings is 1. The van der Waals surface area contributed by atoms with Crippen molar-refractivity contribution in [3.05, 3.63) is 47.8 Å². The van der Waals surface area contributed by atoms with Gasteiger partial charge in [0.05, 0.1) is 11.4 Å². The van der Waals surface area contributed by atoms with E-state index < -0.39 is 5.97 Å². The van der Waals surface area contributed by atoms with Gasteiger partial charge in [-0.2, -0.15) is 5.10 Å². The number of amides is 1. The molecule has 2 saturated carbocycles. The topological polar surface area (TPSA) is 73.2 Å². The maximum atomic E-state index is 12.7. The highest BCUT2D eigenvalue weighted by molar-refractivity contribution is 5.90. The molecule has 1 aromatic heterocycles. The van der Waals surface area contributed by atoms with Crippen LogP contribution in [0.2, 0.25) is 0 Å². The number of ether oxygens (including phenoxy) is 1. The van der Waals surface area contributed by atoms with E-state index >= 15 is 0 Å². The predicted octanol–water partition coefficient (Wildman–Crippen LogP) is 3.60. The fraction of sp³-hybridized carbons (Fsp3) is 0.500. The second kappa shape index (κ2) is 8.17. The van der Waals surface area contributed by atoms with E-state index in [4.69, 9.17) is 4.74 Å². The Bertz CT molecular complexity index is 842. The molecule has 2 aliphatic carbocycles. The molecule has 0 saturated heterocycles. The van der Waals surface area contributed by atoms with Crippen molar-refractivity contribution < 1.29 is 14.3 Å². The molecule has 2 fully saturated rings. The second-order valence-electron chi connectivity index (χ2n) is 7.99. The number of aromatic nitrogens is 2. The van der Waals surface area contributed by atoms with E-state index in [9.17, 15) is 9.59 Å². The number of carbonyl (C=O) groups excluding carboxylic acids is 2. The van der Waals surface area contributed by atoms with Crippen molar-refractivity contribution in [3.63, 3.8) is 0 Å². The predicted molar refractivity (Wildman–Crippen MR) is 105 cm³/mol. The van der Waals surface area contributed by atoms with E-state index in [1.165, 1.54) is 6.42 Å². The first kappa shape index (κ1) is 18.7. The van der Waals surface area contributed by atoms with Gasteiger partial charge in [-0.1, -0.05) is 38.0 Å². The highest BCUT2D eigenvalue weighted by atomic mass is 16.5. The molecule has 2 aromatic rings. The molecule has 1 heterocycles. The summed E-state index contributed by atoms with van der Waals surface area (Å²) in [5, 5.41) is 7.63. The molecule has 0 radical (unpaired) electrons. The molecule has 1 aromatic carbocycles.